The monoisotopic (exact) mass is 196 g/mol. The third-order valence-electron chi connectivity index (χ3n) is 2.12. The molecule has 0 bridgehead atoms. The third kappa shape index (κ3) is 1.41. The van der Waals surface area contributed by atoms with Gasteiger partial charge in [-0.1, -0.05) is 0 Å². The predicted octanol–water partition coefficient (Wildman–Crippen LogP) is 0.966. The van der Waals surface area contributed by atoms with E-state index in [-0.39, 0.29) is 12.5 Å². The molecular weight excluding hydrogens is 187 g/mol. The van der Waals surface area contributed by atoms with Crippen LogP contribution in [0.1, 0.15) is 6.42 Å². The smallest absolute Gasteiger partial charge is 0.230 e. The quantitative estimate of drug-likeness (QED) is 0.580. The molecule has 0 saturated heterocycles. The Kier molecular flexibility index (Phi) is 2.07. The zero-order valence-electron chi connectivity index (χ0n) is 7.66. The van der Waals surface area contributed by atoms with Gasteiger partial charge in [0.25, 0.3) is 0 Å². The van der Waals surface area contributed by atoms with Gasteiger partial charge in [0.15, 0.2) is 0 Å². The minimum Gasteiger partial charge on any atom is -0.491 e. The van der Waals surface area contributed by atoms with Crippen LogP contribution in [-0.4, -0.2) is 24.5 Å². The number of pyridine rings is 1. The number of carbonyl (C=O) groups is 1. The molecule has 0 atom stereocenters. The second-order valence-electron chi connectivity index (χ2n) is 3.03. The highest BCUT2D eigenvalue weighted by atomic mass is 19.1. The highest BCUT2D eigenvalue weighted by Gasteiger charge is 2.20. The fourth-order valence-electron chi connectivity index (χ4n) is 1.32. The van der Waals surface area contributed by atoms with E-state index in [1.165, 1.54) is 17.2 Å². The van der Waals surface area contributed by atoms with Crippen LogP contribution in [0.3, 0.4) is 0 Å². The zero-order valence-corrected chi connectivity index (χ0v) is 7.66. The van der Waals surface area contributed by atoms with Crippen molar-refractivity contribution >= 4 is 11.6 Å². The molecule has 14 heavy (non-hydrogen) atoms. The topological polar surface area (TPSA) is 42.4 Å². The Morgan fingerprint density at radius 1 is 1.64 bits per heavy atom. The molecule has 5 heteroatoms. The number of hydrogen-bond acceptors (Lipinski definition) is 3. The standard InChI is InChI=1S/C9H9FN2O2/c1-12-6-5-11-8(10)4-7(6)14-3-2-9(12)13/h4-5H,2-3H2,1H3. The van der Waals surface area contributed by atoms with Crippen molar-refractivity contribution in [2.45, 2.75) is 6.42 Å². The van der Waals surface area contributed by atoms with E-state index in [1.807, 2.05) is 0 Å². The first-order valence-corrected chi connectivity index (χ1v) is 4.23. The van der Waals surface area contributed by atoms with Gasteiger partial charge in [0.1, 0.15) is 11.4 Å². The number of halogens is 1. The molecule has 0 aliphatic carbocycles. The molecule has 1 aromatic rings. The first kappa shape index (κ1) is 8.93. The summed E-state index contributed by atoms with van der Waals surface area (Å²) >= 11 is 0. The average Bonchev–Trinajstić information content (AvgIpc) is 2.28. The Hall–Kier alpha value is -1.65. The first-order valence-electron chi connectivity index (χ1n) is 4.23. The number of ether oxygens (including phenoxy) is 1. The second kappa shape index (κ2) is 3.25. The van der Waals surface area contributed by atoms with Gasteiger partial charge in [0.2, 0.25) is 11.9 Å². The van der Waals surface area contributed by atoms with Gasteiger partial charge in [-0.2, -0.15) is 4.39 Å². The number of rotatable bonds is 0. The summed E-state index contributed by atoms with van der Waals surface area (Å²) in [5.74, 6) is -0.297. The van der Waals surface area contributed by atoms with Crippen molar-refractivity contribution < 1.29 is 13.9 Å². The van der Waals surface area contributed by atoms with Crippen molar-refractivity contribution in [3.05, 3.63) is 18.2 Å². The fraction of sp³-hybridized carbons (Fsp3) is 0.333. The van der Waals surface area contributed by atoms with Crippen molar-refractivity contribution in [1.29, 1.82) is 0 Å². The maximum absolute atomic E-state index is 12.8. The van der Waals surface area contributed by atoms with Crippen molar-refractivity contribution in [1.82, 2.24) is 4.98 Å². The molecule has 1 aliphatic rings. The van der Waals surface area contributed by atoms with Gasteiger partial charge in [-0.25, -0.2) is 4.98 Å². The fourth-order valence-corrected chi connectivity index (χ4v) is 1.32. The van der Waals surface area contributed by atoms with E-state index < -0.39 is 5.95 Å². The molecule has 0 fully saturated rings. The van der Waals surface area contributed by atoms with Crippen LogP contribution in [0.25, 0.3) is 0 Å². The SMILES string of the molecule is CN1C(=O)CCOc2cc(F)ncc21. The lowest BCUT2D eigenvalue weighted by Crippen LogP contribution is -2.25. The summed E-state index contributed by atoms with van der Waals surface area (Å²) < 4.78 is 18.0. The van der Waals surface area contributed by atoms with Crippen LogP contribution in [0.2, 0.25) is 0 Å². The number of hydrogen-bond donors (Lipinski definition) is 0. The Labute approximate surface area is 80.3 Å². The Balaban J connectivity index is 2.48. The van der Waals surface area contributed by atoms with Crippen LogP contribution in [0, 0.1) is 5.95 Å². The molecule has 0 saturated carbocycles. The van der Waals surface area contributed by atoms with E-state index in [4.69, 9.17) is 4.74 Å². The lowest BCUT2D eigenvalue weighted by atomic mass is 10.3. The normalized spacial score (nSPS) is 15.9. The van der Waals surface area contributed by atoms with Gasteiger partial charge in [-0.3, -0.25) is 4.79 Å². The average molecular weight is 196 g/mol. The van der Waals surface area contributed by atoms with Crippen molar-refractivity contribution in [2.75, 3.05) is 18.6 Å². The zero-order chi connectivity index (χ0) is 10.1. The summed E-state index contributed by atoms with van der Waals surface area (Å²) in [7, 11) is 1.62. The van der Waals surface area contributed by atoms with Crippen LogP contribution in [0.15, 0.2) is 12.3 Å². The van der Waals surface area contributed by atoms with Crippen LogP contribution in [0.5, 0.6) is 5.75 Å². The van der Waals surface area contributed by atoms with E-state index in [0.29, 0.717) is 17.9 Å². The molecule has 0 spiro atoms. The summed E-state index contributed by atoms with van der Waals surface area (Å²) in [4.78, 5) is 16.3. The van der Waals surface area contributed by atoms with E-state index in [2.05, 4.69) is 4.98 Å². The van der Waals surface area contributed by atoms with Crippen LogP contribution in [-0.2, 0) is 4.79 Å². The van der Waals surface area contributed by atoms with Crippen LogP contribution in [0.4, 0.5) is 10.1 Å². The summed E-state index contributed by atoms with van der Waals surface area (Å²) in [5.41, 5.74) is 0.508. The maximum atomic E-state index is 12.8. The number of anilines is 1. The third-order valence-corrected chi connectivity index (χ3v) is 2.12. The Morgan fingerprint density at radius 3 is 3.21 bits per heavy atom. The summed E-state index contributed by atoms with van der Waals surface area (Å²) in [6, 6.07) is 1.18. The predicted molar refractivity (Wildman–Crippen MR) is 47.7 cm³/mol. The van der Waals surface area contributed by atoms with Crippen LogP contribution >= 0.6 is 0 Å². The van der Waals surface area contributed by atoms with Gasteiger partial charge in [-0.15, -0.1) is 0 Å². The Bertz CT molecular complexity index is 381. The van der Waals surface area contributed by atoms with E-state index in [0.717, 1.165) is 0 Å². The molecule has 0 radical (unpaired) electrons. The molecule has 1 amide bonds. The summed E-state index contributed by atoms with van der Waals surface area (Å²) in [6.07, 6.45) is 1.60. The highest BCUT2D eigenvalue weighted by molar-refractivity contribution is 5.94. The number of carbonyl (C=O) groups excluding carboxylic acids is 1. The molecule has 0 N–H and O–H groups in total. The maximum Gasteiger partial charge on any atom is 0.230 e. The molecule has 2 heterocycles. The van der Waals surface area contributed by atoms with E-state index in [9.17, 15) is 9.18 Å². The minimum absolute atomic E-state index is 0.0582. The van der Waals surface area contributed by atoms with Gasteiger partial charge in [0, 0.05) is 13.1 Å². The number of fused-ring (bicyclic) bond motifs is 1. The number of amides is 1. The first-order chi connectivity index (χ1) is 6.68. The second-order valence-corrected chi connectivity index (χ2v) is 3.03. The molecule has 1 aliphatic heterocycles. The highest BCUT2D eigenvalue weighted by Crippen LogP contribution is 2.29. The van der Waals surface area contributed by atoms with E-state index >= 15 is 0 Å². The van der Waals surface area contributed by atoms with Gasteiger partial charge >= 0.3 is 0 Å². The molecule has 0 aromatic carbocycles. The largest absolute Gasteiger partial charge is 0.491 e. The molecular formula is C9H9FN2O2. The van der Waals surface area contributed by atoms with Gasteiger partial charge < -0.3 is 9.64 Å². The van der Waals surface area contributed by atoms with Gasteiger partial charge in [0.05, 0.1) is 19.2 Å². The molecule has 74 valence electrons. The number of aromatic nitrogens is 1. The summed E-state index contributed by atoms with van der Waals surface area (Å²) in [6.45, 7) is 0.277. The Morgan fingerprint density at radius 2 is 2.43 bits per heavy atom. The lowest BCUT2D eigenvalue weighted by molar-refractivity contribution is -0.118. The van der Waals surface area contributed by atoms with Crippen LogP contribution < -0.4 is 9.64 Å². The summed E-state index contributed by atoms with van der Waals surface area (Å²) in [5, 5.41) is 0. The number of nitrogens with zero attached hydrogens (tertiary/aromatic N) is 2. The van der Waals surface area contributed by atoms with E-state index in [1.54, 1.807) is 7.05 Å². The minimum atomic E-state index is -0.605. The molecule has 1 aromatic heterocycles. The van der Waals surface area contributed by atoms with Crippen molar-refractivity contribution in [3.63, 3.8) is 0 Å². The molecule has 2 rings (SSSR count). The molecule has 4 nitrogen and oxygen atoms in total. The molecule has 0 unspecified atom stereocenters. The van der Waals surface area contributed by atoms with Crippen molar-refractivity contribution in [2.24, 2.45) is 0 Å². The lowest BCUT2D eigenvalue weighted by Gasteiger charge is -2.14. The van der Waals surface area contributed by atoms with Crippen molar-refractivity contribution in [3.8, 4) is 5.75 Å². The van der Waals surface area contributed by atoms with Gasteiger partial charge in [-0.05, 0) is 0 Å².